The third kappa shape index (κ3) is 4.06. The Balaban J connectivity index is 1.04. The predicted octanol–water partition coefficient (Wildman–Crippen LogP) is 8.05. The quantitative estimate of drug-likeness (QED) is 0.279. The van der Waals surface area contributed by atoms with Crippen LogP contribution in [0.5, 0.6) is 11.5 Å². The van der Waals surface area contributed by atoms with Gasteiger partial charge in [0.1, 0.15) is 18.1 Å². The van der Waals surface area contributed by atoms with E-state index in [1.165, 1.54) is 33.4 Å². The molecule has 2 atom stereocenters. The normalized spacial score (nSPS) is 19.5. The standard InChI is InChI=1S/C34H29NO3/c36-34(37-22-33-31-12-6-4-10-29(31)30-11-5-7-13-32(30)33)35-25-16-17-26(35)21-24(20-25)23-14-18-28(19-15-23)38-27-8-2-1-3-9-27/h1-15,18-20,25-26,33H,16-17,21-22H2. The number of carbonyl (C=O) groups is 1. The zero-order valence-electron chi connectivity index (χ0n) is 21.1. The molecule has 1 saturated heterocycles. The van der Waals surface area contributed by atoms with Gasteiger partial charge in [-0.1, -0.05) is 84.9 Å². The van der Waals surface area contributed by atoms with Crippen LogP contribution in [0.2, 0.25) is 0 Å². The van der Waals surface area contributed by atoms with Crippen molar-refractivity contribution in [1.82, 2.24) is 4.90 Å². The molecule has 0 spiro atoms. The minimum absolute atomic E-state index is 0.0801. The first kappa shape index (κ1) is 22.9. The Labute approximate surface area is 223 Å². The molecular formula is C34H29NO3. The summed E-state index contributed by atoms with van der Waals surface area (Å²) in [6.45, 7) is 0.363. The number of benzene rings is 4. The van der Waals surface area contributed by atoms with Crippen molar-refractivity contribution < 1.29 is 14.3 Å². The van der Waals surface area contributed by atoms with Crippen molar-refractivity contribution in [3.05, 3.63) is 126 Å². The molecule has 1 amide bonds. The maximum atomic E-state index is 13.4. The second-order valence-electron chi connectivity index (χ2n) is 10.3. The van der Waals surface area contributed by atoms with Crippen LogP contribution in [0.15, 0.2) is 109 Å². The second-order valence-corrected chi connectivity index (χ2v) is 10.3. The third-order valence-corrected chi connectivity index (χ3v) is 8.15. The summed E-state index contributed by atoms with van der Waals surface area (Å²) in [4.78, 5) is 15.3. The van der Waals surface area contributed by atoms with E-state index in [0.717, 1.165) is 30.8 Å². The van der Waals surface area contributed by atoms with Gasteiger partial charge in [-0.3, -0.25) is 4.90 Å². The monoisotopic (exact) mass is 499 g/mol. The molecule has 4 aromatic carbocycles. The molecule has 2 heterocycles. The van der Waals surface area contributed by atoms with Crippen molar-refractivity contribution in [2.45, 2.75) is 37.3 Å². The molecule has 0 radical (unpaired) electrons. The van der Waals surface area contributed by atoms with Crippen molar-refractivity contribution in [3.8, 4) is 22.6 Å². The smallest absolute Gasteiger partial charge is 0.410 e. The van der Waals surface area contributed by atoms with Gasteiger partial charge >= 0.3 is 6.09 Å². The Bertz CT molecular complexity index is 1460. The minimum Gasteiger partial charge on any atom is -0.457 e. The van der Waals surface area contributed by atoms with Crippen LogP contribution in [0.4, 0.5) is 4.79 Å². The van der Waals surface area contributed by atoms with Crippen LogP contribution < -0.4 is 4.74 Å². The Morgan fingerprint density at radius 1 is 0.737 bits per heavy atom. The van der Waals surface area contributed by atoms with E-state index in [4.69, 9.17) is 9.47 Å². The van der Waals surface area contributed by atoms with Crippen LogP contribution in [0.3, 0.4) is 0 Å². The Morgan fingerprint density at radius 2 is 1.37 bits per heavy atom. The SMILES string of the molecule is O=C(OCC1c2ccccc2-c2ccccc21)N1C2C=C(c3ccc(Oc4ccccc4)cc3)CC1CC2. The van der Waals surface area contributed by atoms with Crippen LogP contribution in [0.25, 0.3) is 16.7 Å². The molecule has 4 aromatic rings. The van der Waals surface area contributed by atoms with E-state index in [1.54, 1.807) is 0 Å². The molecule has 2 bridgehead atoms. The van der Waals surface area contributed by atoms with E-state index in [-0.39, 0.29) is 24.1 Å². The highest BCUT2D eigenvalue weighted by Gasteiger charge is 2.41. The number of para-hydroxylation sites is 1. The summed E-state index contributed by atoms with van der Waals surface area (Å²) in [6, 6.07) is 35.3. The average molecular weight is 500 g/mol. The largest absolute Gasteiger partial charge is 0.457 e. The molecule has 4 nitrogen and oxygen atoms in total. The molecule has 0 N–H and O–H groups in total. The number of rotatable bonds is 5. The van der Waals surface area contributed by atoms with Gasteiger partial charge in [0.05, 0.1) is 6.04 Å². The number of hydrogen-bond donors (Lipinski definition) is 0. The van der Waals surface area contributed by atoms with E-state index in [1.807, 2.05) is 47.4 Å². The minimum atomic E-state index is -0.193. The molecule has 2 unspecified atom stereocenters. The number of ether oxygens (including phenoxy) is 2. The number of amides is 1. The van der Waals surface area contributed by atoms with Crippen LogP contribution >= 0.6 is 0 Å². The van der Waals surface area contributed by atoms with Crippen molar-refractivity contribution in [2.24, 2.45) is 0 Å². The topological polar surface area (TPSA) is 38.8 Å². The van der Waals surface area contributed by atoms with Crippen molar-refractivity contribution in [2.75, 3.05) is 6.61 Å². The number of fused-ring (bicyclic) bond motifs is 5. The predicted molar refractivity (Wildman–Crippen MR) is 149 cm³/mol. The van der Waals surface area contributed by atoms with Gasteiger partial charge in [0, 0.05) is 12.0 Å². The summed E-state index contributed by atoms with van der Waals surface area (Å²) in [7, 11) is 0. The molecule has 0 aromatic heterocycles. The van der Waals surface area contributed by atoms with E-state index in [2.05, 4.69) is 66.7 Å². The molecule has 0 saturated carbocycles. The zero-order chi connectivity index (χ0) is 25.5. The summed E-state index contributed by atoms with van der Waals surface area (Å²) in [5.74, 6) is 1.73. The van der Waals surface area contributed by atoms with Crippen molar-refractivity contribution in [1.29, 1.82) is 0 Å². The van der Waals surface area contributed by atoms with Crippen LogP contribution in [0.1, 0.15) is 41.9 Å². The highest BCUT2D eigenvalue weighted by atomic mass is 16.6. The fourth-order valence-corrected chi connectivity index (χ4v) is 6.36. The first-order valence-electron chi connectivity index (χ1n) is 13.4. The maximum absolute atomic E-state index is 13.4. The van der Waals surface area contributed by atoms with E-state index in [0.29, 0.717) is 6.61 Å². The number of hydrogen-bond acceptors (Lipinski definition) is 3. The van der Waals surface area contributed by atoms with E-state index in [9.17, 15) is 4.79 Å². The summed E-state index contributed by atoms with van der Waals surface area (Å²) < 4.78 is 12.0. The molecule has 3 aliphatic rings. The average Bonchev–Trinajstić information content (AvgIpc) is 3.43. The molecule has 2 aliphatic heterocycles. The van der Waals surface area contributed by atoms with Gasteiger partial charge in [-0.2, -0.15) is 0 Å². The molecule has 1 fully saturated rings. The zero-order valence-corrected chi connectivity index (χ0v) is 21.1. The first-order valence-corrected chi connectivity index (χ1v) is 13.4. The number of carbonyl (C=O) groups excluding carboxylic acids is 1. The van der Waals surface area contributed by atoms with Gasteiger partial charge in [0.25, 0.3) is 0 Å². The van der Waals surface area contributed by atoms with Crippen LogP contribution in [0, 0.1) is 0 Å². The lowest BCUT2D eigenvalue weighted by Gasteiger charge is -2.33. The highest BCUT2D eigenvalue weighted by Crippen LogP contribution is 2.45. The van der Waals surface area contributed by atoms with Crippen molar-refractivity contribution in [3.63, 3.8) is 0 Å². The third-order valence-electron chi connectivity index (χ3n) is 8.15. The Kier molecular flexibility index (Phi) is 5.73. The van der Waals surface area contributed by atoms with Crippen LogP contribution in [-0.4, -0.2) is 29.7 Å². The fourth-order valence-electron chi connectivity index (χ4n) is 6.36. The molecule has 38 heavy (non-hydrogen) atoms. The lowest BCUT2D eigenvalue weighted by Crippen LogP contribution is -2.43. The van der Waals surface area contributed by atoms with Gasteiger partial charge in [0.15, 0.2) is 0 Å². The molecule has 188 valence electrons. The first-order chi connectivity index (χ1) is 18.7. The summed E-state index contributed by atoms with van der Waals surface area (Å²) in [5.41, 5.74) is 7.46. The molecular weight excluding hydrogens is 470 g/mol. The maximum Gasteiger partial charge on any atom is 0.410 e. The summed E-state index contributed by atoms with van der Waals surface area (Å²) in [5, 5.41) is 0. The van der Waals surface area contributed by atoms with Crippen LogP contribution in [-0.2, 0) is 4.74 Å². The number of nitrogens with zero attached hydrogens (tertiary/aromatic N) is 1. The highest BCUT2D eigenvalue weighted by molar-refractivity contribution is 5.79. The van der Waals surface area contributed by atoms with Crippen molar-refractivity contribution >= 4 is 11.7 Å². The molecule has 4 heteroatoms. The Hall–Kier alpha value is -4.31. The lowest BCUT2D eigenvalue weighted by molar-refractivity contribution is 0.0866. The molecule has 1 aliphatic carbocycles. The van der Waals surface area contributed by atoms with Gasteiger partial charge in [-0.05, 0) is 76.9 Å². The van der Waals surface area contributed by atoms with E-state index < -0.39 is 0 Å². The fraction of sp³-hybridized carbons (Fsp3) is 0.206. The summed E-state index contributed by atoms with van der Waals surface area (Å²) in [6.07, 6.45) is 4.90. The second kappa shape index (κ2) is 9.53. The van der Waals surface area contributed by atoms with Gasteiger partial charge in [-0.25, -0.2) is 4.79 Å². The summed E-state index contributed by atoms with van der Waals surface area (Å²) >= 11 is 0. The van der Waals surface area contributed by atoms with Gasteiger partial charge in [0.2, 0.25) is 0 Å². The lowest BCUT2D eigenvalue weighted by atomic mass is 9.95. The Morgan fingerprint density at radius 3 is 2.05 bits per heavy atom. The molecule has 7 rings (SSSR count). The van der Waals surface area contributed by atoms with Gasteiger partial charge in [-0.15, -0.1) is 0 Å². The van der Waals surface area contributed by atoms with Gasteiger partial charge < -0.3 is 9.47 Å². The van der Waals surface area contributed by atoms with E-state index >= 15 is 0 Å².